The molecule has 0 spiro atoms. The molecule has 3 fully saturated rings. The van der Waals surface area contributed by atoms with Gasteiger partial charge in [0.15, 0.2) is 17.1 Å². The van der Waals surface area contributed by atoms with Crippen LogP contribution in [0.4, 0.5) is 0 Å². The molecule has 488 valence electrons. The molecule has 95 heavy (non-hydrogen) atoms. The van der Waals surface area contributed by atoms with E-state index < -0.39 is 70.6 Å². The molecule has 0 saturated carbocycles. The maximum absolute atomic E-state index is 12.3. The average Bonchev–Trinajstić information content (AvgIpc) is 1.66. The van der Waals surface area contributed by atoms with Gasteiger partial charge in [0.1, 0.15) is 0 Å². The average molecular weight is 1290 g/mol. The number of hydrogen-bond donors (Lipinski definition) is 8. The van der Waals surface area contributed by atoms with Gasteiger partial charge in [0.25, 0.3) is 29.5 Å². The van der Waals surface area contributed by atoms with E-state index in [1.54, 1.807) is 177 Å². The number of likely N-dealkylation sites (N-methyl/N-ethyl adjacent to an activating group) is 3. The highest BCUT2D eigenvalue weighted by Gasteiger charge is 2.44. The third-order valence-electron chi connectivity index (χ3n) is 16.4. The van der Waals surface area contributed by atoms with Crippen molar-refractivity contribution in [1.29, 1.82) is 0 Å². The minimum absolute atomic E-state index is 0. The van der Waals surface area contributed by atoms with Gasteiger partial charge in [-0.2, -0.15) is 15.3 Å². The zero-order valence-corrected chi connectivity index (χ0v) is 52.3. The highest BCUT2D eigenvalue weighted by molar-refractivity contribution is 6.06. The number of nitrogens with zero attached hydrogens (tertiary/aromatic N) is 9. The number of ether oxygens (including phenoxy) is 1. The lowest BCUT2D eigenvalue weighted by Crippen LogP contribution is -2.37. The van der Waals surface area contributed by atoms with Crippen LogP contribution < -0.4 is 11.5 Å². The lowest BCUT2D eigenvalue weighted by atomic mass is 10.0. The SMILES string of the molecule is C.COC(=O)c1nn(-c2cccc(C#C[C@]3(O)CCN(C)C3=O)c2)c2ccc(C(C)O)cc12.C[C@@H](O)c1ccc2c(c1)c(C(N)=O)nn2-c1cccc(C#C[C@]2(O)CCN(C)C2=O)c1.C[C@H](O)c1ccc2c(c1)c(C(N)=O)nn2-c1cccc(C#C[C@]2(O)CCN(C)C2=O)c1. The third-order valence-corrected chi connectivity index (χ3v) is 16.4. The van der Waals surface area contributed by atoms with Crippen LogP contribution >= 0.6 is 0 Å². The number of amides is 5. The second kappa shape index (κ2) is 27.3. The number of aromatic nitrogens is 6. The first-order chi connectivity index (χ1) is 44.6. The van der Waals surface area contributed by atoms with Crippen LogP contribution in [0, 0.1) is 35.5 Å². The number of hydrogen-bond acceptors (Lipinski definition) is 16. The summed E-state index contributed by atoms with van der Waals surface area (Å²) in [5, 5.41) is 76.0. The standard InChI is InChI=1S/C24H23N3O5.2C23H22N4O4.CH4/c1-15(28)17-7-8-20-19(14-17)21(22(29)32-3)25-27(20)18-6-4-5-16(13-18)9-10-24(31)11-12-26(2)23(24)30;2*1-14(28)16-6-7-19-18(13-16)20(21(24)29)25-27(19)17-5-3-4-15(12-17)8-9-23(31)10-11-26(2)22(23)30;/h4-8,13-15,28,31H,11-12H2,1-3H3;2*3-7,12-14,28,31H,10-11H2,1-2H3,(H2,24,29);1H4/t15?,24-;14-,23+;14-,23-;/m010./s1. The predicted molar refractivity (Wildman–Crippen MR) is 352 cm³/mol. The first-order valence-corrected chi connectivity index (χ1v) is 29.8. The molecule has 3 aromatic heterocycles. The minimum atomic E-state index is -1.68. The summed E-state index contributed by atoms with van der Waals surface area (Å²) < 4.78 is 9.64. The zero-order chi connectivity index (χ0) is 67.7. The summed E-state index contributed by atoms with van der Waals surface area (Å²) in [4.78, 5) is 77.0. The van der Waals surface area contributed by atoms with Gasteiger partial charge in [-0.1, -0.05) is 79.3 Å². The van der Waals surface area contributed by atoms with Gasteiger partial charge < -0.3 is 61.5 Å². The van der Waals surface area contributed by atoms with Crippen molar-refractivity contribution in [3.8, 4) is 52.6 Å². The first-order valence-electron chi connectivity index (χ1n) is 29.8. The fourth-order valence-electron chi connectivity index (χ4n) is 11.0. The molecule has 6 atom stereocenters. The van der Waals surface area contributed by atoms with Crippen LogP contribution in [0.1, 0.15) is 131 Å². The molecule has 0 aliphatic carbocycles. The molecule has 3 saturated heterocycles. The van der Waals surface area contributed by atoms with E-state index >= 15 is 0 Å². The number of aliphatic hydroxyl groups is 6. The number of rotatable bonds is 9. The lowest BCUT2D eigenvalue weighted by Gasteiger charge is -2.13. The van der Waals surface area contributed by atoms with Crippen molar-refractivity contribution in [3.63, 3.8) is 0 Å². The van der Waals surface area contributed by atoms with E-state index in [9.17, 15) is 59.4 Å². The van der Waals surface area contributed by atoms with Crippen LogP contribution in [-0.4, -0.2) is 175 Å². The van der Waals surface area contributed by atoms with Crippen LogP contribution in [0.2, 0.25) is 0 Å². The summed E-state index contributed by atoms with van der Waals surface area (Å²) in [7, 11) is 6.18. The largest absolute Gasteiger partial charge is 0.464 e. The molecule has 3 aliphatic heterocycles. The van der Waals surface area contributed by atoms with Crippen molar-refractivity contribution in [2.24, 2.45) is 11.5 Å². The highest BCUT2D eigenvalue weighted by atomic mass is 16.5. The van der Waals surface area contributed by atoms with Crippen LogP contribution in [0.15, 0.2) is 127 Å². The number of primary amides is 2. The number of esters is 1. The van der Waals surface area contributed by atoms with E-state index in [1.165, 1.54) is 21.8 Å². The Labute approximate surface area is 546 Å². The second-order valence-electron chi connectivity index (χ2n) is 23.3. The van der Waals surface area contributed by atoms with E-state index in [0.717, 1.165) is 0 Å². The van der Waals surface area contributed by atoms with Crippen molar-refractivity contribution in [1.82, 2.24) is 44.0 Å². The molecular weight excluding hydrogens is 1210 g/mol. The number of benzene rings is 6. The third kappa shape index (κ3) is 13.9. The Morgan fingerprint density at radius 2 is 0.758 bits per heavy atom. The highest BCUT2D eigenvalue weighted by Crippen LogP contribution is 2.31. The molecular formula is C71H71N11O13. The molecule has 3 aliphatic rings. The molecule has 1 unspecified atom stereocenters. The van der Waals surface area contributed by atoms with Crippen molar-refractivity contribution in [2.75, 3.05) is 47.9 Å². The summed E-state index contributed by atoms with van der Waals surface area (Å²) in [5.74, 6) is 13.6. The van der Waals surface area contributed by atoms with E-state index in [0.29, 0.717) is 103 Å². The zero-order valence-electron chi connectivity index (χ0n) is 52.3. The molecule has 24 nitrogen and oxygen atoms in total. The van der Waals surface area contributed by atoms with E-state index in [2.05, 4.69) is 50.8 Å². The van der Waals surface area contributed by atoms with E-state index in [1.807, 2.05) is 6.07 Å². The van der Waals surface area contributed by atoms with Gasteiger partial charge in [-0.3, -0.25) is 24.0 Å². The van der Waals surface area contributed by atoms with Gasteiger partial charge in [-0.15, -0.1) is 0 Å². The first kappa shape index (κ1) is 68.4. The number of carbonyl (C=O) groups excluding carboxylic acids is 6. The Hall–Kier alpha value is -11.0. The van der Waals surface area contributed by atoms with Crippen LogP contribution in [-0.2, 0) is 19.1 Å². The Morgan fingerprint density at radius 3 is 1.01 bits per heavy atom. The molecule has 10 N–H and O–H groups in total. The van der Waals surface area contributed by atoms with Gasteiger partial charge in [0, 0.05) is 92.9 Å². The van der Waals surface area contributed by atoms with Crippen LogP contribution in [0.5, 0.6) is 0 Å². The molecule has 24 heteroatoms. The number of likely N-dealkylation sites (tertiary alicyclic amines) is 3. The summed E-state index contributed by atoms with van der Waals surface area (Å²) in [6, 6.07) is 37.0. The van der Waals surface area contributed by atoms with Crippen molar-refractivity contribution in [3.05, 3.63) is 178 Å². The number of carbonyl (C=O) groups is 6. The summed E-state index contributed by atoms with van der Waals surface area (Å²) in [6.07, 6.45) is -1.33. The van der Waals surface area contributed by atoms with Gasteiger partial charge in [0.05, 0.1) is 59.0 Å². The summed E-state index contributed by atoms with van der Waals surface area (Å²) >= 11 is 0. The molecule has 0 radical (unpaired) electrons. The fraction of sp³-hybridized carbons (Fsp3) is 0.282. The molecule has 0 bridgehead atoms. The monoisotopic (exact) mass is 1290 g/mol. The quantitative estimate of drug-likeness (QED) is 0.0718. The normalized spacial score (nSPS) is 19.0. The number of fused-ring (bicyclic) bond motifs is 3. The Bertz CT molecular complexity index is 4560. The topological polar surface area (TPSA) is 348 Å². The smallest absolute Gasteiger partial charge is 0.359 e. The van der Waals surface area contributed by atoms with Crippen molar-refractivity contribution >= 4 is 68.2 Å². The van der Waals surface area contributed by atoms with Crippen molar-refractivity contribution < 1.29 is 64.1 Å². The van der Waals surface area contributed by atoms with E-state index in [4.69, 9.17) is 16.2 Å². The second-order valence-corrected chi connectivity index (χ2v) is 23.3. The summed E-state index contributed by atoms with van der Waals surface area (Å²) in [6.45, 7) is 6.28. The molecule has 9 aromatic rings. The minimum Gasteiger partial charge on any atom is -0.464 e. The molecule has 6 heterocycles. The lowest BCUT2D eigenvalue weighted by molar-refractivity contribution is -0.138. The van der Waals surface area contributed by atoms with Gasteiger partial charge in [-0.25, -0.2) is 18.8 Å². The van der Waals surface area contributed by atoms with Crippen LogP contribution in [0.25, 0.3) is 49.8 Å². The Balaban J connectivity index is 0.000000167. The van der Waals surface area contributed by atoms with Crippen molar-refractivity contribution in [2.45, 2.75) is 82.6 Å². The molecule has 6 aromatic carbocycles. The van der Waals surface area contributed by atoms with E-state index in [-0.39, 0.29) is 43.8 Å². The Morgan fingerprint density at radius 1 is 0.474 bits per heavy atom. The number of methoxy groups -OCH3 is 1. The summed E-state index contributed by atoms with van der Waals surface area (Å²) in [5.41, 5.74) is 13.9. The van der Waals surface area contributed by atoms with Gasteiger partial charge in [-0.05, 0) is 128 Å². The molecule has 5 amide bonds. The van der Waals surface area contributed by atoms with Crippen LogP contribution in [0.3, 0.4) is 0 Å². The molecule has 12 rings (SSSR count). The maximum Gasteiger partial charge on any atom is 0.359 e. The Kier molecular flexibility index (Phi) is 19.6. The maximum atomic E-state index is 12.3. The number of aliphatic hydroxyl groups excluding tert-OH is 3. The van der Waals surface area contributed by atoms with Gasteiger partial charge in [0.2, 0.25) is 16.8 Å². The number of nitrogens with two attached hydrogens (primary N) is 2. The fourth-order valence-corrected chi connectivity index (χ4v) is 11.0. The van der Waals surface area contributed by atoms with Gasteiger partial charge >= 0.3 is 5.97 Å². The predicted octanol–water partition coefficient (Wildman–Crippen LogP) is 4.69.